The van der Waals surface area contributed by atoms with E-state index in [0.29, 0.717) is 40.7 Å². The highest BCUT2D eigenvalue weighted by Crippen LogP contribution is 2.43. The van der Waals surface area contributed by atoms with Gasteiger partial charge >= 0.3 is 6.18 Å². The Morgan fingerprint density at radius 2 is 1.97 bits per heavy atom. The van der Waals surface area contributed by atoms with Gasteiger partial charge in [-0.3, -0.25) is 10.00 Å². The predicted molar refractivity (Wildman–Crippen MR) is 138 cm³/mol. The number of piperidine rings is 1. The van der Waals surface area contributed by atoms with E-state index < -0.39 is 11.9 Å². The fourth-order valence-electron chi connectivity index (χ4n) is 6.06. The minimum absolute atomic E-state index is 0.0745. The van der Waals surface area contributed by atoms with Crippen molar-refractivity contribution in [2.24, 2.45) is 18.9 Å². The number of nitrogens with one attached hydrogen (secondary N) is 1. The lowest BCUT2D eigenvalue weighted by atomic mass is 9.72. The van der Waals surface area contributed by atoms with Crippen LogP contribution in [0.5, 0.6) is 0 Å². The zero-order valence-electron chi connectivity index (χ0n) is 21.7. The lowest BCUT2D eigenvalue weighted by Crippen LogP contribution is -2.34. The number of fused-ring (bicyclic) bond motifs is 1. The largest absolute Gasteiger partial charge is 0.433 e. The van der Waals surface area contributed by atoms with Gasteiger partial charge in [0.15, 0.2) is 0 Å². The fourth-order valence-corrected chi connectivity index (χ4v) is 6.06. The Hall–Kier alpha value is -3.27. The van der Waals surface area contributed by atoms with Crippen LogP contribution in [0.25, 0.3) is 22.2 Å². The van der Waals surface area contributed by atoms with Crippen molar-refractivity contribution < 1.29 is 13.2 Å². The third-order valence-corrected chi connectivity index (χ3v) is 8.20. The molecule has 6 rings (SSSR count). The Labute approximate surface area is 219 Å². The number of benzene rings is 1. The molecular weight excluding hydrogens is 491 g/mol. The number of alkyl halides is 3. The smallest absolute Gasteiger partial charge is 0.320 e. The predicted octanol–water partition coefficient (Wildman–Crippen LogP) is 5.94. The lowest BCUT2D eigenvalue weighted by molar-refractivity contribution is -0.141. The average Bonchev–Trinajstić information content (AvgIpc) is 3.47. The minimum Gasteiger partial charge on any atom is -0.320 e. The van der Waals surface area contributed by atoms with Crippen molar-refractivity contribution in [3.05, 3.63) is 59.4 Å². The Bertz CT molecular complexity index is 1440. The second-order valence-electron chi connectivity index (χ2n) is 11.0. The van der Waals surface area contributed by atoms with E-state index >= 15 is 0 Å². The summed E-state index contributed by atoms with van der Waals surface area (Å²) in [6.45, 7) is 4.26. The van der Waals surface area contributed by atoms with Crippen LogP contribution in [0.1, 0.15) is 67.7 Å². The van der Waals surface area contributed by atoms with Crippen molar-refractivity contribution in [1.82, 2.24) is 34.8 Å². The monoisotopic (exact) mass is 523 g/mol. The normalized spacial score (nSPS) is 20.1. The van der Waals surface area contributed by atoms with Gasteiger partial charge in [0.2, 0.25) is 0 Å². The molecule has 200 valence electrons. The molecule has 4 aromatic rings. The summed E-state index contributed by atoms with van der Waals surface area (Å²) in [4.78, 5) is 6.27. The maximum Gasteiger partial charge on any atom is 0.433 e. The summed E-state index contributed by atoms with van der Waals surface area (Å²) in [6.07, 6.45) is 2.77. The maximum atomic E-state index is 14.0. The SMILES string of the molecule is C[C@@H]1CCCN(Cc2nc(C(F)(F)F)cc3c(-c4cccc([C@H](c5nncn5C)C5CCC5)c4)n[nH]c23)C1. The molecule has 0 spiro atoms. The van der Waals surface area contributed by atoms with Crippen LogP contribution in [0.2, 0.25) is 0 Å². The molecule has 0 radical (unpaired) electrons. The summed E-state index contributed by atoms with van der Waals surface area (Å²) in [5.41, 5.74) is 2.44. The summed E-state index contributed by atoms with van der Waals surface area (Å²) >= 11 is 0. The van der Waals surface area contributed by atoms with Gasteiger partial charge in [0.1, 0.15) is 23.5 Å². The Balaban J connectivity index is 1.42. The molecule has 7 nitrogen and oxygen atoms in total. The zero-order valence-corrected chi connectivity index (χ0v) is 21.7. The highest BCUT2D eigenvalue weighted by atomic mass is 19.4. The zero-order chi connectivity index (χ0) is 26.4. The van der Waals surface area contributed by atoms with Crippen molar-refractivity contribution in [3.8, 4) is 11.3 Å². The third kappa shape index (κ3) is 4.70. The van der Waals surface area contributed by atoms with Crippen LogP contribution in [0.4, 0.5) is 13.2 Å². The molecule has 3 aromatic heterocycles. The quantitative estimate of drug-likeness (QED) is 0.339. The van der Waals surface area contributed by atoms with Crippen molar-refractivity contribution in [3.63, 3.8) is 0 Å². The minimum atomic E-state index is -4.55. The molecule has 2 aliphatic rings. The van der Waals surface area contributed by atoms with Crippen LogP contribution in [-0.4, -0.2) is 47.9 Å². The fraction of sp³-hybridized carbons (Fsp3) is 0.500. The number of likely N-dealkylation sites (tertiary alicyclic amines) is 1. The second-order valence-corrected chi connectivity index (χ2v) is 11.0. The van der Waals surface area contributed by atoms with Gasteiger partial charge in [-0.05, 0) is 61.8 Å². The van der Waals surface area contributed by atoms with Crippen molar-refractivity contribution in [2.45, 2.75) is 57.7 Å². The average molecular weight is 524 g/mol. The topological polar surface area (TPSA) is 75.5 Å². The highest BCUT2D eigenvalue weighted by molar-refractivity contribution is 5.94. The molecule has 0 bridgehead atoms. The van der Waals surface area contributed by atoms with E-state index in [9.17, 15) is 13.2 Å². The molecule has 0 amide bonds. The van der Waals surface area contributed by atoms with Gasteiger partial charge in [-0.1, -0.05) is 31.5 Å². The molecule has 1 aromatic carbocycles. The molecule has 1 N–H and O–H groups in total. The summed E-state index contributed by atoms with van der Waals surface area (Å²) in [7, 11) is 1.95. The number of hydrogen-bond acceptors (Lipinski definition) is 5. The first-order chi connectivity index (χ1) is 18.3. The standard InChI is InChI=1S/C28H32F3N7/c1-17-6-5-11-38(14-17)15-22-26-21(13-23(33-22)28(29,30)31)25(34-35-26)20-10-4-9-19(12-20)24(18-7-3-8-18)27-36-32-16-37(27)2/h4,9-10,12-13,16-18,24H,3,5-8,11,14-15H2,1-2H3,(H,34,35)/t17-,24-/m1/s1. The molecule has 10 heteroatoms. The van der Waals surface area contributed by atoms with Gasteiger partial charge in [0.25, 0.3) is 0 Å². The molecule has 38 heavy (non-hydrogen) atoms. The Kier molecular flexibility index (Phi) is 6.45. The van der Waals surface area contributed by atoms with E-state index in [1.54, 1.807) is 6.33 Å². The van der Waals surface area contributed by atoms with Crippen molar-refractivity contribution >= 4 is 10.9 Å². The Morgan fingerprint density at radius 3 is 2.66 bits per heavy atom. The first-order valence-electron chi connectivity index (χ1n) is 13.4. The van der Waals surface area contributed by atoms with E-state index in [4.69, 9.17) is 0 Å². The molecule has 2 atom stereocenters. The number of aromatic nitrogens is 6. The molecular formula is C28H32F3N7. The number of hydrogen-bond donors (Lipinski definition) is 1. The molecule has 1 aliphatic carbocycles. The van der Waals surface area contributed by atoms with Gasteiger partial charge in [0, 0.05) is 37.0 Å². The van der Waals surface area contributed by atoms with Crippen LogP contribution >= 0.6 is 0 Å². The first-order valence-corrected chi connectivity index (χ1v) is 13.4. The molecule has 1 saturated carbocycles. The van der Waals surface area contributed by atoms with Crippen LogP contribution in [0.15, 0.2) is 36.7 Å². The first kappa shape index (κ1) is 25.0. The molecule has 1 aliphatic heterocycles. The van der Waals surface area contributed by atoms with Gasteiger partial charge in [-0.15, -0.1) is 10.2 Å². The van der Waals surface area contributed by atoms with Gasteiger partial charge < -0.3 is 4.57 Å². The number of rotatable bonds is 6. The van der Waals surface area contributed by atoms with Gasteiger partial charge in [0.05, 0.1) is 11.2 Å². The number of aromatic amines is 1. The number of H-pyrrole nitrogens is 1. The van der Waals surface area contributed by atoms with Crippen LogP contribution in [0, 0.1) is 11.8 Å². The van der Waals surface area contributed by atoms with E-state index in [-0.39, 0.29) is 5.92 Å². The maximum absolute atomic E-state index is 14.0. The number of pyridine rings is 1. The van der Waals surface area contributed by atoms with Gasteiger partial charge in [-0.2, -0.15) is 18.3 Å². The molecule has 0 unspecified atom stereocenters. The van der Waals surface area contributed by atoms with Crippen molar-refractivity contribution in [2.75, 3.05) is 13.1 Å². The van der Waals surface area contributed by atoms with E-state index in [1.807, 2.05) is 29.8 Å². The summed E-state index contributed by atoms with van der Waals surface area (Å²) in [6, 6.07) is 9.12. The van der Waals surface area contributed by atoms with Gasteiger partial charge in [-0.25, -0.2) is 4.98 Å². The van der Waals surface area contributed by atoms with Crippen LogP contribution in [0.3, 0.4) is 0 Å². The van der Waals surface area contributed by atoms with E-state index in [1.165, 1.54) is 6.42 Å². The summed E-state index contributed by atoms with van der Waals surface area (Å²) in [5.74, 6) is 1.96. The molecule has 1 saturated heterocycles. The molecule has 2 fully saturated rings. The number of halogens is 3. The number of nitrogens with zero attached hydrogens (tertiary/aromatic N) is 6. The second kappa shape index (κ2) is 9.80. The van der Waals surface area contributed by atoms with E-state index in [0.717, 1.165) is 61.8 Å². The Morgan fingerprint density at radius 1 is 1.13 bits per heavy atom. The van der Waals surface area contributed by atoms with Crippen LogP contribution < -0.4 is 0 Å². The number of aryl methyl sites for hydroxylation is 1. The highest BCUT2D eigenvalue weighted by Gasteiger charge is 2.35. The third-order valence-electron chi connectivity index (χ3n) is 8.20. The summed E-state index contributed by atoms with van der Waals surface area (Å²) < 4.78 is 43.8. The van der Waals surface area contributed by atoms with Crippen LogP contribution in [-0.2, 0) is 19.8 Å². The lowest BCUT2D eigenvalue weighted by Gasteiger charge is -2.33. The van der Waals surface area contributed by atoms with Crippen molar-refractivity contribution in [1.29, 1.82) is 0 Å². The van der Waals surface area contributed by atoms with E-state index in [2.05, 4.69) is 43.3 Å². The molecule has 4 heterocycles. The summed E-state index contributed by atoms with van der Waals surface area (Å²) in [5, 5.41) is 16.5.